The van der Waals surface area contributed by atoms with E-state index in [9.17, 15) is 4.79 Å². The van der Waals surface area contributed by atoms with Gasteiger partial charge in [-0.3, -0.25) is 16.5 Å². The molecule has 0 aliphatic rings. The third kappa shape index (κ3) is 8.25. The van der Waals surface area contributed by atoms with E-state index in [4.69, 9.17) is 5.11 Å². The molecule has 1 rings (SSSR count). The van der Waals surface area contributed by atoms with Crippen molar-refractivity contribution < 1.29 is 9.90 Å². The Labute approximate surface area is 96.0 Å². The molecule has 0 bridgehead atoms. The highest BCUT2D eigenvalue weighted by atomic mass is 33.1. The summed E-state index contributed by atoms with van der Waals surface area (Å²) >= 11 is 0. The maximum absolute atomic E-state index is 10.2. The molecule has 0 amide bonds. The summed E-state index contributed by atoms with van der Waals surface area (Å²) in [7, 11) is 3.01. The number of aromatic nitrogens is 1. The third-order valence-corrected chi connectivity index (χ3v) is 3.45. The maximum Gasteiger partial charge on any atom is 0.304 e. The summed E-state index contributed by atoms with van der Waals surface area (Å²) in [6.45, 7) is 0. The van der Waals surface area contributed by atoms with Gasteiger partial charge >= 0.3 is 5.97 Å². The fourth-order valence-corrected chi connectivity index (χ4v) is 2.49. The minimum Gasteiger partial charge on any atom is -0.481 e. The highest BCUT2D eigenvalue weighted by Crippen LogP contribution is 2.29. The van der Waals surface area contributed by atoms with Crippen LogP contribution in [0.4, 0.5) is 0 Å². The second-order valence-corrected chi connectivity index (χ2v) is 4.65. The van der Waals surface area contributed by atoms with Crippen LogP contribution in [0, 0.1) is 0 Å². The van der Waals surface area contributed by atoms with Crippen molar-refractivity contribution in [2.45, 2.75) is 11.4 Å². The Morgan fingerprint density at radius 1 is 1.47 bits per heavy atom. The first-order valence-corrected chi connectivity index (χ1v) is 6.36. The molecule has 0 fully saturated rings. The van der Waals surface area contributed by atoms with Crippen LogP contribution in [0.25, 0.3) is 0 Å². The Balaban J connectivity index is 0.000000921. The summed E-state index contributed by atoms with van der Waals surface area (Å²) in [5, 5.41) is 9.29. The molecule has 0 atom stereocenters. The minimum atomic E-state index is -0.755. The lowest BCUT2D eigenvalue weighted by Crippen LogP contribution is -2.02. The summed E-state index contributed by atoms with van der Waals surface area (Å²) in [6, 6.07) is 5.66. The summed E-state index contributed by atoms with van der Waals surface area (Å²) in [6.07, 6.45) is 1.92. The summed E-state index contributed by atoms with van der Waals surface area (Å²) in [4.78, 5) is 14.3. The highest BCUT2D eigenvalue weighted by molar-refractivity contribution is 8.76. The van der Waals surface area contributed by atoms with E-state index >= 15 is 0 Å². The first-order chi connectivity index (χ1) is 7.29. The zero-order chi connectivity index (χ0) is 11.5. The second-order valence-electron chi connectivity index (χ2n) is 2.22. The number of carbonyl (C=O) groups is 1. The number of hydrogen-bond acceptors (Lipinski definition) is 6. The van der Waals surface area contributed by atoms with Gasteiger partial charge in [-0.15, -0.1) is 0 Å². The quantitative estimate of drug-likeness (QED) is 0.310. The Hall–Kier alpha value is -0.760. The lowest BCUT2D eigenvalue weighted by molar-refractivity contribution is -0.136. The average molecular weight is 247 g/mol. The predicted molar refractivity (Wildman–Crippen MR) is 63.2 cm³/mol. The lowest BCUT2D eigenvalue weighted by atomic mass is 10.5. The molecule has 0 unspecified atom stereocenters. The topological polar surface area (TPSA) is 102 Å². The van der Waals surface area contributed by atoms with Gasteiger partial charge in [0.25, 0.3) is 0 Å². The summed E-state index contributed by atoms with van der Waals surface area (Å²) < 4.78 is 0. The molecule has 0 spiro atoms. The molecule has 0 aliphatic heterocycles. The minimum absolute atomic E-state index is 0.199. The van der Waals surface area contributed by atoms with Crippen LogP contribution < -0.4 is 11.7 Å². The molecule has 1 aromatic heterocycles. The Kier molecular flexibility index (Phi) is 9.29. The van der Waals surface area contributed by atoms with Crippen LogP contribution in [0.1, 0.15) is 6.42 Å². The maximum atomic E-state index is 10.2. The van der Waals surface area contributed by atoms with Gasteiger partial charge in [-0.05, 0) is 22.9 Å². The van der Waals surface area contributed by atoms with E-state index in [0.717, 1.165) is 5.03 Å². The monoisotopic (exact) mass is 247 g/mol. The van der Waals surface area contributed by atoms with Crippen molar-refractivity contribution in [2.24, 2.45) is 11.7 Å². The molecule has 0 saturated heterocycles. The molecule has 7 heteroatoms. The lowest BCUT2D eigenvalue weighted by Gasteiger charge is -1.97. The van der Waals surface area contributed by atoms with Gasteiger partial charge in [0, 0.05) is 11.9 Å². The fraction of sp³-hybridized carbons (Fsp3) is 0.250. The number of carboxylic acid groups (broad SMARTS) is 1. The second kappa shape index (κ2) is 9.78. The van der Waals surface area contributed by atoms with Crippen molar-refractivity contribution >= 4 is 27.6 Å². The highest BCUT2D eigenvalue weighted by Gasteiger charge is 1.98. The first-order valence-electron chi connectivity index (χ1n) is 4.04. The van der Waals surface area contributed by atoms with E-state index in [1.165, 1.54) is 21.6 Å². The zero-order valence-electron chi connectivity index (χ0n) is 8.00. The van der Waals surface area contributed by atoms with Crippen LogP contribution in [-0.2, 0) is 4.79 Å². The standard InChI is InChI=1S/C8H9NO2S2.H4N2/c10-8(11)4-6-12-13-7-3-1-2-5-9-7;1-2/h1-3,5H,4,6H2,(H,10,11);1-2H2. The smallest absolute Gasteiger partial charge is 0.304 e. The number of hydrazine groups is 1. The van der Waals surface area contributed by atoms with Gasteiger partial charge in [0.15, 0.2) is 0 Å². The molecule has 84 valence electrons. The number of rotatable bonds is 5. The van der Waals surface area contributed by atoms with Crippen LogP contribution in [0.15, 0.2) is 29.4 Å². The number of aliphatic carboxylic acids is 1. The van der Waals surface area contributed by atoms with Crippen molar-refractivity contribution in [1.82, 2.24) is 4.98 Å². The van der Waals surface area contributed by atoms with E-state index in [2.05, 4.69) is 16.7 Å². The van der Waals surface area contributed by atoms with E-state index in [1.54, 1.807) is 6.20 Å². The van der Waals surface area contributed by atoms with Crippen LogP contribution in [-0.4, -0.2) is 21.8 Å². The van der Waals surface area contributed by atoms with Crippen LogP contribution in [0.2, 0.25) is 0 Å². The van der Waals surface area contributed by atoms with Gasteiger partial charge in [-0.2, -0.15) is 0 Å². The number of nitrogens with zero attached hydrogens (tertiary/aromatic N) is 1. The summed E-state index contributed by atoms with van der Waals surface area (Å²) in [5.41, 5.74) is 0. The molecule has 0 aliphatic carbocycles. The predicted octanol–water partition coefficient (Wildman–Crippen LogP) is 1.12. The van der Waals surface area contributed by atoms with Gasteiger partial charge < -0.3 is 5.11 Å². The average Bonchev–Trinajstić information content (AvgIpc) is 2.28. The molecular weight excluding hydrogens is 234 g/mol. The normalized spacial score (nSPS) is 8.93. The van der Waals surface area contributed by atoms with E-state index in [0.29, 0.717) is 5.75 Å². The van der Waals surface area contributed by atoms with Crippen molar-refractivity contribution in [1.29, 1.82) is 0 Å². The SMILES string of the molecule is NN.O=C(O)CCSSc1ccccn1. The van der Waals surface area contributed by atoms with Crippen molar-refractivity contribution in [3.8, 4) is 0 Å². The van der Waals surface area contributed by atoms with Gasteiger partial charge in [0.05, 0.1) is 6.42 Å². The number of pyridine rings is 1. The third-order valence-electron chi connectivity index (χ3n) is 1.18. The fourth-order valence-electron chi connectivity index (χ4n) is 0.627. The van der Waals surface area contributed by atoms with Gasteiger partial charge in [0.1, 0.15) is 5.03 Å². The Bertz CT molecular complexity index is 272. The number of hydrogen-bond donors (Lipinski definition) is 3. The molecule has 0 radical (unpaired) electrons. The molecular formula is C8H13N3O2S2. The Morgan fingerprint density at radius 3 is 2.73 bits per heavy atom. The molecule has 0 aromatic carbocycles. The Morgan fingerprint density at radius 2 is 2.20 bits per heavy atom. The van der Waals surface area contributed by atoms with Gasteiger partial charge in [0.2, 0.25) is 0 Å². The molecule has 5 nitrogen and oxygen atoms in total. The molecule has 5 N–H and O–H groups in total. The van der Waals surface area contributed by atoms with Crippen LogP contribution in [0.5, 0.6) is 0 Å². The molecule has 0 saturated carbocycles. The van der Waals surface area contributed by atoms with E-state index in [1.807, 2.05) is 18.2 Å². The van der Waals surface area contributed by atoms with Gasteiger partial charge in [-0.1, -0.05) is 16.9 Å². The number of carboxylic acids is 1. The number of nitrogens with two attached hydrogens (primary N) is 2. The van der Waals surface area contributed by atoms with Crippen molar-refractivity contribution in [2.75, 3.05) is 5.75 Å². The summed E-state index contributed by atoms with van der Waals surface area (Å²) in [5.74, 6) is 7.85. The van der Waals surface area contributed by atoms with Crippen LogP contribution in [0.3, 0.4) is 0 Å². The van der Waals surface area contributed by atoms with Crippen molar-refractivity contribution in [3.63, 3.8) is 0 Å². The first kappa shape index (κ1) is 14.2. The van der Waals surface area contributed by atoms with Gasteiger partial charge in [-0.25, -0.2) is 4.98 Å². The zero-order valence-corrected chi connectivity index (χ0v) is 9.63. The van der Waals surface area contributed by atoms with E-state index < -0.39 is 5.97 Å². The van der Waals surface area contributed by atoms with E-state index in [-0.39, 0.29) is 6.42 Å². The molecule has 15 heavy (non-hydrogen) atoms. The van der Waals surface area contributed by atoms with Crippen LogP contribution >= 0.6 is 21.6 Å². The largest absolute Gasteiger partial charge is 0.481 e. The molecule has 1 heterocycles. The molecule has 1 aromatic rings. The van der Waals surface area contributed by atoms with Crippen molar-refractivity contribution in [3.05, 3.63) is 24.4 Å².